The van der Waals surface area contributed by atoms with E-state index in [-0.39, 0.29) is 17.9 Å². The molecule has 3 heterocycles. The van der Waals surface area contributed by atoms with Crippen molar-refractivity contribution in [2.45, 2.75) is 57.2 Å². The van der Waals surface area contributed by atoms with Crippen molar-refractivity contribution < 1.29 is 19.1 Å². The maximum Gasteiger partial charge on any atom is 0.271 e. The van der Waals surface area contributed by atoms with Crippen molar-refractivity contribution >= 4 is 33.4 Å². The van der Waals surface area contributed by atoms with Crippen LogP contribution in [0.3, 0.4) is 0 Å². The monoisotopic (exact) mass is 481 g/mol. The second kappa shape index (κ2) is 8.98. The third-order valence-electron chi connectivity index (χ3n) is 7.30. The van der Waals surface area contributed by atoms with E-state index in [9.17, 15) is 9.59 Å². The Hall–Kier alpha value is -3.00. The van der Waals surface area contributed by atoms with Crippen LogP contribution in [-0.2, 0) is 17.8 Å². The number of aromatic nitrogens is 1. The number of carbonyl (C=O) groups is 2. The second-order valence-electron chi connectivity index (χ2n) is 9.41. The summed E-state index contributed by atoms with van der Waals surface area (Å²) < 4.78 is 13.9. The number of nitrogens with zero attached hydrogens (tertiary/aromatic N) is 2. The van der Waals surface area contributed by atoms with Crippen LogP contribution < -0.4 is 14.8 Å². The van der Waals surface area contributed by atoms with E-state index in [0.29, 0.717) is 36.7 Å². The zero-order chi connectivity index (χ0) is 23.9. The standard InChI is InChI=1S/C26H31N3O4S/c1-26(25(31)27-18-6-4-5-7-18)16-28-19-11-13-34-23(19)15-20(28)24(30)29(26)12-10-17-8-9-21(32-2)22(14-17)33-3/h8-9,11,13-15,18H,4-7,10,12,16H2,1-3H3,(H,27,31)/t26-/m1/s1. The maximum absolute atomic E-state index is 13.8. The van der Waals surface area contributed by atoms with Crippen molar-refractivity contribution in [2.24, 2.45) is 0 Å². The molecule has 1 aliphatic heterocycles. The van der Waals surface area contributed by atoms with E-state index in [0.717, 1.165) is 41.5 Å². The molecule has 5 rings (SSSR count). The van der Waals surface area contributed by atoms with Gasteiger partial charge in [0.15, 0.2) is 11.5 Å². The van der Waals surface area contributed by atoms with Gasteiger partial charge in [-0.15, -0.1) is 11.3 Å². The number of benzene rings is 1. The normalized spacial score (nSPS) is 20.6. The van der Waals surface area contributed by atoms with E-state index >= 15 is 0 Å². The van der Waals surface area contributed by atoms with Gasteiger partial charge in [0.2, 0.25) is 5.91 Å². The molecular formula is C26H31N3O4S. The van der Waals surface area contributed by atoms with Gasteiger partial charge in [-0.1, -0.05) is 18.9 Å². The highest BCUT2D eigenvalue weighted by Gasteiger charge is 2.48. The lowest BCUT2D eigenvalue weighted by Gasteiger charge is -2.44. The molecule has 1 aliphatic carbocycles. The van der Waals surface area contributed by atoms with Gasteiger partial charge in [0, 0.05) is 12.6 Å². The van der Waals surface area contributed by atoms with Crippen LogP contribution in [-0.4, -0.2) is 53.6 Å². The first-order chi connectivity index (χ1) is 16.4. The number of nitrogens with one attached hydrogen (secondary N) is 1. The smallest absolute Gasteiger partial charge is 0.271 e. The van der Waals surface area contributed by atoms with E-state index in [1.54, 1.807) is 30.5 Å². The molecule has 2 amide bonds. The van der Waals surface area contributed by atoms with Crippen molar-refractivity contribution in [3.63, 3.8) is 0 Å². The van der Waals surface area contributed by atoms with Gasteiger partial charge in [0.25, 0.3) is 5.91 Å². The number of carbonyl (C=O) groups excluding carboxylic acids is 2. The number of ether oxygens (including phenoxy) is 2. The predicted molar refractivity (Wildman–Crippen MR) is 133 cm³/mol. The van der Waals surface area contributed by atoms with Gasteiger partial charge in [-0.3, -0.25) is 9.59 Å². The highest BCUT2D eigenvalue weighted by molar-refractivity contribution is 7.17. The number of thiophene rings is 1. The summed E-state index contributed by atoms with van der Waals surface area (Å²) in [5.74, 6) is 1.15. The number of methoxy groups -OCH3 is 2. The molecule has 1 N–H and O–H groups in total. The van der Waals surface area contributed by atoms with E-state index in [2.05, 4.69) is 5.32 Å². The van der Waals surface area contributed by atoms with Gasteiger partial charge in [0.1, 0.15) is 11.2 Å². The van der Waals surface area contributed by atoms with Gasteiger partial charge < -0.3 is 24.3 Å². The molecule has 180 valence electrons. The fourth-order valence-electron chi connectivity index (χ4n) is 5.31. The molecule has 0 bridgehead atoms. The molecular weight excluding hydrogens is 450 g/mol. The van der Waals surface area contributed by atoms with Gasteiger partial charge in [-0.25, -0.2) is 0 Å². The Morgan fingerprint density at radius 3 is 2.65 bits per heavy atom. The first kappa shape index (κ1) is 22.8. The molecule has 2 aromatic heterocycles. The zero-order valence-electron chi connectivity index (χ0n) is 19.9. The largest absolute Gasteiger partial charge is 0.493 e. The van der Waals surface area contributed by atoms with Crippen LogP contribution in [0.15, 0.2) is 35.7 Å². The van der Waals surface area contributed by atoms with Gasteiger partial charge in [-0.2, -0.15) is 0 Å². The Morgan fingerprint density at radius 1 is 1.15 bits per heavy atom. The van der Waals surface area contributed by atoms with E-state index < -0.39 is 5.54 Å². The average Bonchev–Trinajstić information content (AvgIpc) is 3.58. The van der Waals surface area contributed by atoms with Crippen molar-refractivity contribution in [1.29, 1.82) is 0 Å². The predicted octanol–water partition coefficient (Wildman–Crippen LogP) is 4.24. The molecule has 7 nitrogen and oxygen atoms in total. The van der Waals surface area contributed by atoms with Crippen molar-refractivity contribution in [1.82, 2.24) is 14.8 Å². The van der Waals surface area contributed by atoms with Crippen LogP contribution >= 0.6 is 11.3 Å². The molecule has 1 atom stereocenters. The molecule has 1 fully saturated rings. The molecule has 1 aromatic carbocycles. The highest BCUT2D eigenvalue weighted by atomic mass is 32.1. The van der Waals surface area contributed by atoms with Crippen LogP contribution in [0.2, 0.25) is 0 Å². The van der Waals surface area contributed by atoms with Crippen LogP contribution in [0.5, 0.6) is 11.5 Å². The van der Waals surface area contributed by atoms with Gasteiger partial charge in [0.05, 0.1) is 31.0 Å². The highest BCUT2D eigenvalue weighted by Crippen LogP contribution is 2.35. The number of hydrogen-bond acceptors (Lipinski definition) is 5. The summed E-state index contributed by atoms with van der Waals surface area (Å²) >= 11 is 1.62. The minimum atomic E-state index is -0.975. The fraction of sp³-hybridized carbons (Fsp3) is 0.462. The Kier molecular flexibility index (Phi) is 6.02. The molecule has 1 saturated carbocycles. The van der Waals surface area contributed by atoms with E-state index in [1.165, 1.54) is 0 Å². The average molecular weight is 482 g/mol. The molecule has 3 aromatic rings. The molecule has 0 unspecified atom stereocenters. The summed E-state index contributed by atoms with van der Waals surface area (Å²) in [5.41, 5.74) is 1.72. The van der Waals surface area contributed by atoms with Crippen LogP contribution in [0.1, 0.15) is 48.7 Å². The number of rotatable bonds is 7. The lowest BCUT2D eigenvalue weighted by molar-refractivity contribution is -0.133. The van der Waals surface area contributed by atoms with E-state index in [1.807, 2.05) is 47.2 Å². The first-order valence-corrected chi connectivity index (χ1v) is 12.7. The Bertz CT molecular complexity index is 1230. The van der Waals surface area contributed by atoms with E-state index in [4.69, 9.17) is 9.47 Å². The number of amides is 2. The number of hydrogen-bond donors (Lipinski definition) is 1. The number of fused-ring (bicyclic) bond motifs is 3. The van der Waals surface area contributed by atoms with Crippen LogP contribution in [0.4, 0.5) is 0 Å². The first-order valence-electron chi connectivity index (χ1n) is 11.8. The topological polar surface area (TPSA) is 72.8 Å². The second-order valence-corrected chi connectivity index (χ2v) is 10.4. The molecule has 0 radical (unpaired) electrons. The summed E-state index contributed by atoms with van der Waals surface area (Å²) in [6.45, 7) is 2.78. The summed E-state index contributed by atoms with van der Waals surface area (Å²) in [5, 5.41) is 5.29. The Morgan fingerprint density at radius 2 is 1.91 bits per heavy atom. The SMILES string of the molecule is COc1ccc(CCN2C(=O)c3cc4sccc4n3C[C@]2(C)C(=O)NC2CCCC2)cc1OC. The lowest BCUT2D eigenvalue weighted by Crippen LogP contribution is -2.65. The van der Waals surface area contributed by atoms with Crippen molar-refractivity contribution in [3.05, 3.63) is 47.0 Å². The summed E-state index contributed by atoms with van der Waals surface area (Å²) in [6, 6.07) is 9.97. The summed E-state index contributed by atoms with van der Waals surface area (Å²) in [7, 11) is 3.22. The fourth-order valence-corrected chi connectivity index (χ4v) is 6.13. The third-order valence-corrected chi connectivity index (χ3v) is 8.15. The molecule has 34 heavy (non-hydrogen) atoms. The summed E-state index contributed by atoms with van der Waals surface area (Å²) in [4.78, 5) is 29.2. The quantitative estimate of drug-likeness (QED) is 0.548. The van der Waals surface area contributed by atoms with Crippen LogP contribution in [0.25, 0.3) is 10.2 Å². The third kappa shape index (κ3) is 3.83. The van der Waals surface area contributed by atoms with Gasteiger partial charge in [-0.05, 0) is 61.4 Å². The van der Waals surface area contributed by atoms with Crippen molar-refractivity contribution in [3.8, 4) is 11.5 Å². The van der Waals surface area contributed by atoms with Gasteiger partial charge >= 0.3 is 0 Å². The molecule has 2 aliphatic rings. The van der Waals surface area contributed by atoms with Crippen molar-refractivity contribution in [2.75, 3.05) is 20.8 Å². The minimum Gasteiger partial charge on any atom is -0.493 e. The maximum atomic E-state index is 13.8. The summed E-state index contributed by atoms with van der Waals surface area (Å²) in [6.07, 6.45) is 4.89. The molecule has 0 spiro atoms. The Balaban J connectivity index is 1.46. The minimum absolute atomic E-state index is 0.0669. The Labute approximate surface area is 203 Å². The zero-order valence-corrected chi connectivity index (χ0v) is 20.7. The van der Waals surface area contributed by atoms with Crippen LogP contribution in [0, 0.1) is 0 Å². The molecule has 8 heteroatoms. The lowest BCUT2D eigenvalue weighted by atomic mass is 9.93. The molecule has 0 saturated heterocycles.